The van der Waals surface area contributed by atoms with Crippen molar-refractivity contribution >= 4 is 15.9 Å². The van der Waals surface area contributed by atoms with E-state index in [4.69, 9.17) is 0 Å². The molecule has 0 spiro atoms. The number of nitrogens with one attached hydrogen (secondary N) is 1. The van der Waals surface area contributed by atoms with E-state index in [2.05, 4.69) is 26.3 Å². The van der Waals surface area contributed by atoms with Gasteiger partial charge >= 0.3 is 6.18 Å². The number of nitrogens with zero attached hydrogens (tertiary/aromatic N) is 2. The third-order valence-corrected chi connectivity index (χ3v) is 3.49. The highest BCUT2D eigenvalue weighted by Crippen LogP contribution is 2.22. The number of hydrogen-bond donors (Lipinski definition) is 1. The Morgan fingerprint density at radius 3 is 2.50 bits per heavy atom. The highest BCUT2D eigenvalue weighted by atomic mass is 79.9. The van der Waals surface area contributed by atoms with Gasteiger partial charge in [0.2, 0.25) is 0 Å². The number of alkyl halides is 3. The molecule has 0 aliphatic heterocycles. The van der Waals surface area contributed by atoms with Crippen LogP contribution in [0.15, 0.2) is 4.47 Å². The molecular formula is C11H17BrF3N3. The van der Waals surface area contributed by atoms with Crippen molar-refractivity contribution in [3.8, 4) is 0 Å². The Kier molecular flexibility index (Phi) is 5.65. The van der Waals surface area contributed by atoms with Crippen molar-refractivity contribution in [1.29, 1.82) is 0 Å². The van der Waals surface area contributed by atoms with Gasteiger partial charge in [0.05, 0.1) is 22.3 Å². The summed E-state index contributed by atoms with van der Waals surface area (Å²) in [6.07, 6.45) is -4.13. The number of aromatic nitrogens is 2. The minimum Gasteiger partial charge on any atom is -0.311 e. The molecule has 0 bridgehead atoms. The van der Waals surface area contributed by atoms with Crippen LogP contribution in [0.3, 0.4) is 0 Å². The third kappa shape index (κ3) is 4.28. The number of rotatable bonds is 6. The van der Waals surface area contributed by atoms with Crippen LogP contribution >= 0.6 is 15.9 Å². The maximum atomic E-state index is 12.0. The first-order valence-corrected chi connectivity index (χ1v) is 6.69. The van der Waals surface area contributed by atoms with Gasteiger partial charge in [0.15, 0.2) is 0 Å². The first kappa shape index (κ1) is 15.5. The molecule has 0 radical (unpaired) electrons. The van der Waals surface area contributed by atoms with Crippen LogP contribution in [0.4, 0.5) is 13.2 Å². The van der Waals surface area contributed by atoms with Gasteiger partial charge in [-0.2, -0.15) is 18.3 Å². The Morgan fingerprint density at radius 1 is 1.33 bits per heavy atom. The molecule has 18 heavy (non-hydrogen) atoms. The molecule has 1 heterocycles. The van der Waals surface area contributed by atoms with Crippen molar-refractivity contribution in [3.05, 3.63) is 15.9 Å². The Hall–Kier alpha value is -0.560. The topological polar surface area (TPSA) is 29.9 Å². The zero-order chi connectivity index (χ0) is 13.8. The number of halogens is 4. The summed E-state index contributed by atoms with van der Waals surface area (Å²) in [5.41, 5.74) is 1.83. The molecule has 1 aromatic rings. The predicted molar refractivity (Wildman–Crippen MR) is 67.4 cm³/mol. The maximum Gasteiger partial charge on any atom is 0.390 e. The molecule has 1 rings (SSSR count). The molecule has 0 aliphatic carbocycles. The summed E-state index contributed by atoms with van der Waals surface area (Å²) in [7, 11) is 0. The molecule has 0 fully saturated rings. The molecule has 0 saturated heterocycles. The Labute approximate surface area is 113 Å². The molecule has 0 amide bonds. The fraction of sp³-hybridized carbons (Fsp3) is 0.727. The fourth-order valence-electron chi connectivity index (χ4n) is 1.62. The van der Waals surface area contributed by atoms with Crippen LogP contribution in [-0.4, -0.2) is 22.5 Å². The number of hydrogen-bond acceptors (Lipinski definition) is 2. The second-order valence-electron chi connectivity index (χ2n) is 3.92. The summed E-state index contributed by atoms with van der Waals surface area (Å²) in [6, 6.07) is 0. The van der Waals surface area contributed by atoms with Crippen LogP contribution in [0.25, 0.3) is 0 Å². The smallest absolute Gasteiger partial charge is 0.311 e. The second kappa shape index (κ2) is 6.56. The zero-order valence-electron chi connectivity index (χ0n) is 10.4. The van der Waals surface area contributed by atoms with Crippen molar-refractivity contribution in [2.24, 2.45) is 0 Å². The van der Waals surface area contributed by atoms with Gasteiger partial charge in [-0.1, -0.05) is 6.92 Å². The lowest BCUT2D eigenvalue weighted by Gasteiger charge is -2.09. The molecule has 1 N–H and O–H groups in total. The number of aryl methyl sites for hydroxylation is 2. The summed E-state index contributed by atoms with van der Waals surface area (Å²) < 4.78 is 38.7. The van der Waals surface area contributed by atoms with Crippen molar-refractivity contribution in [2.75, 3.05) is 6.54 Å². The largest absolute Gasteiger partial charge is 0.390 e. The molecular weight excluding hydrogens is 311 g/mol. The van der Waals surface area contributed by atoms with Crippen LogP contribution < -0.4 is 5.32 Å². The van der Waals surface area contributed by atoms with Gasteiger partial charge in [-0.25, -0.2) is 0 Å². The zero-order valence-corrected chi connectivity index (χ0v) is 12.0. The van der Waals surface area contributed by atoms with Gasteiger partial charge in [0.25, 0.3) is 0 Å². The van der Waals surface area contributed by atoms with Gasteiger partial charge in [-0.3, -0.25) is 4.68 Å². The minimum atomic E-state index is -4.11. The molecule has 0 aromatic carbocycles. The van der Waals surface area contributed by atoms with Crippen LogP contribution in [0, 0.1) is 0 Å². The van der Waals surface area contributed by atoms with E-state index in [-0.39, 0.29) is 6.54 Å². The SMILES string of the molecule is CCc1nn(CC)c(CNCCC(F)(F)F)c1Br. The minimum absolute atomic E-state index is 0.0771. The first-order valence-electron chi connectivity index (χ1n) is 5.90. The van der Waals surface area contributed by atoms with Gasteiger partial charge in [-0.15, -0.1) is 0 Å². The van der Waals surface area contributed by atoms with Crippen molar-refractivity contribution in [2.45, 2.75) is 46.0 Å². The van der Waals surface area contributed by atoms with E-state index >= 15 is 0 Å². The van der Waals surface area contributed by atoms with Crippen molar-refractivity contribution < 1.29 is 13.2 Å². The van der Waals surface area contributed by atoms with E-state index in [1.807, 2.05) is 18.5 Å². The van der Waals surface area contributed by atoms with Gasteiger partial charge < -0.3 is 5.32 Å². The lowest BCUT2D eigenvalue weighted by molar-refractivity contribution is -0.133. The standard InChI is InChI=1S/C11H17BrF3N3/c1-3-8-10(12)9(18(4-2)17-8)7-16-6-5-11(13,14)15/h16H,3-7H2,1-2H3. The highest BCUT2D eigenvalue weighted by Gasteiger charge is 2.26. The normalized spacial score (nSPS) is 12.1. The van der Waals surface area contributed by atoms with Gasteiger partial charge in [0.1, 0.15) is 0 Å². The van der Waals surface area contributed by atoms with E-state index in [9.17, 15) is 13.2 Å². The van der Waals surface area contributed by atoms with Crippen LogP contribution in [-0.2, 0) is 19.5 Å². The molecule has 0 atom stereocenters. The third-order valence-electron chi connectivity index (χ3n) is 2.57. The Bertz CT molecular complexity index is 388. The summed E-state index contributed by atoms with van der Waals surface area (Å²) in [5, 5.41) is 7.18. The van der Waals surface area contributed by atoms with Crippen molar-refractivity contribution in [1.82, 2.24) is 15.1 Å². The van der Waals surface area contributed by atoms with E-state index in [0.717, 1.165) is 22.3 Å². The Morgan fingerprint density at radius 2 is 2.00 bits per heavy atom. The molecule has 104 valence electrons. The summed E-state index contributed by atoms with van der Waals surface area (Å²) in [6.45, 7) is 4.96. The molecule has 1 aromatic heterocycles. The lowest BCUT2D eigenvalue weighted by atomic mass is 10.3. The van der Waals surface area contributed by atoms with E-state index in [0.29, 0.717) is 13.1 Å². The summed E-state index contributed by atoms with van der Waals surface area (Å²) in [5.74, 6) is 0. The summed E-state index contributed by atoms with van der Waals surface area (Å²) in [4.78, 5) is 0. The van der Waals surface area contributed by atoms with Crippen LogP contribution in [0.2, 0.25) is 0 Å². The molecule has 0 aliphatic rings. The van der Waals surface area contributed by atoms with Gasteiger partial charge in [-0.05, 0) is 29.3 Å². The lowest BCUT2D eigenvalue weighted by Crippen LogP contribution is -2.22. The Balaban J connectivity index is 2.58. The maximum absolute atomic E-state index is 12.0. The molecule has 3 nitrogen and oxygen atoms in total. The second-order valence-corrected chi connectivity index (χ2v) is 4.71. The molecule has 0 unspecified atom stereocenters. The molecule has 7 heteroatoms. The average molecular weight is 328 g/mol. The van der Waals surface area contributed by atoms with Gasteiger partial charge in [0, 0.05) is 19.6 Å². The van der Waals surface area contributed by atoms with Crippen molar-refractivity contribution in [3.63, 3.8) is 0 Å². The van der Waals surface area contributed by atoms with E-state index in [1.165, 1.54) is 0 Å². The monoisotopic (exact) mass is 327 g/mol. The average Bonchev–Trinajstić information content (AvgIpc) is 2.60. The predicted octanol–water partition coefficient (Wildman–Crippen LogP) is 3.27. The summed E-state index contributed by atoms with van der Waals surface area (Å²) >= 11 is 3.45. The first-order chi connectivity index (χ1) is 8.39. The molecule has 0 saturated carbocycles. The highest BCUT2D eigenvalue weighted by molar-refractivity contribution is 9.10. The van der Waals surface area contributed by atoms with Crippen LogP contribution in [0.5, 0.6) is 0 Å². The fourth-order valence-corrected chi connectivity index (χ4v) is 2.33. The van der Waals surface area contributed by atoms with E-state index in [1.54, 1.807) is 0 Å². The van der Waals surface area contributed by atoms with Crippen LogP contribution in [0.1, 0.15) is 31.7 Å². The van der Waals surface area contributed by atoms with E-state index < -0.39 is 12.6 Å². The quantitative estimate of drug-likeness (QED) is 0.813.